The first-order chi connectivity index (χ1) is 9.84. The summed E-state index contributed by atoms with van der Waals surface area (Å²) >= 11 is 6.82. The van der Waals surface area contributed by atoms with Crippen molar-refractivity contribution in [3.63, 3.8) is 0 Å². The molecule has 0 nitrogen and oxygen atoms in total. The van der Waals surface area contributed by atoms with Gasteiger partial charge >= 0.3 is 0 Å². The third kappa shape index (κ3) is 3.01. The van der Waals surface area contributed by atoms with E-state index in [1.807, 2.05) is 0 Å². The lowest BCUT2D eigenvalue weighted by molar-refractivity contribution is 0.882. The van der Waals surface area contributed by atoms with Gasteiger partial charge in [0.05, 0.1) is 5.38 Å². The molecule has 2 rings (SSSR count). The third-order valence-electron chi connectivity index (χ3n) is 5.03. The van der Waals surface area contributed by atoms with Gasteiger partial charge in [0.25, 0.3) is 0 Å². The minimum absolute atomic E-state index is 0.0316. The highest BCUT2D eigenvalue weighted by molar-refractivity contribution is 6.21. The van der Waals surface area contributed by atoms with Crippen LogP contribution < -0.4 is 0 Å². The Labute approximate surface area is 134 Å². The summed E-state index contributed by atoms with van der Waals surface area (Å²) in [6.07, 6.45) is 0.887. The number of alkyl halides is 1. The Morgan fingerprint density at radius 3 is 1.76 bits per heavy atom. The maximum absolute atomic E-state index is 6.82. The minimum atomic E-state index is 0.0316. The summed E-state index contributed by atoms with van der Waals surface area (Å²) in [6, 6.07) is 8.52. The van der Waals surface area contributed by atoms with Crippen molar-refractivity contribution >= 4 is 11.6 Å². The zero-order valence-corrected chi connectivity index (χ0v) is 14.7. The summed E-state index contributed by atoms with van der Waals surface area (Å²) in [5.41, 5.74) is 10.8. The van der Waals surface area contributed by atoms with Crippen LogP contribution >= 0.6 is 11.6 Å². The van der Waals surface area contributed by atoms with E-state index in [0.29, 0.717) is 0 Å². The first kappa shape index (κ1) is 16.1. The van der Waals surface area contributed by atoms with Gasteiger partial charge in [-0.25, -0.2) is 0 Å². The number of halogens is 1. The first-order valence-electron chi connectivity index (χ1n) is 7.60. The van der Waals surface area contributed by atoms with Gasteiger partial charge in [-0.3, -0.25) is 0 Å². The molecule has 0 saturated heterocycles. The first-order valence-corrected chi connectivity index (χ1v) is 8.03. The largest absolute Gasteiger partial charge is 0.117 e. The van der Waals surface area contributed by atoms with Crippen molar-refractivity contribution in [1.29, 1.82) is 0 Å². The Balaban J connectivity index is 2.45. The lowest BCUT2D eigenvalue weighted by Gasteiger charge is -2.22. The van der Waals surface area contributed by atoms with Gasteiger partial charge in [-0.05, 0) is 92.5 Å². The van der Waals surface area contributed by atoms with Gasteiger partial charge in [0.2, 0.25) is 0 Å². The maximum Gasteiger partial charge on any atom is 0.0630 e. The van der Waals surface area contributed by atoms with E-state index in [-0.39, 0.29) is 5.38 Å². The topological polar surface area (TPSA) is 0 Å². The second-order valence-corrected chi connectivity index (χ2v) is 6.66. The predicted octanol–water partition coefficient (Wildman–Crippen LogP) is 6.06. The summed E-state index contributed by atoms with van der Waals surface area (Å²) in [5, 5.41) is 0.0316. The van der Waals surface area contributed by atoms with E-state index in [1.165, 1.54) is 44.5 Å². The third-order valence-corrected chi connectivity index (χ3v) is 5.40. The Bertz CT molecular complexity index is 639. The number of rotatable bonds is 3. The van der Waals surface area contributed by atoms with Crippen LogP contribution in [-0.4, -0.2) is 0 Å². The highest BCUT2D eigenvalue weighted by atomic mass is 35.5. The SMILES string of the molecule is Cc1ccccc1CC(Cl)c1c(C)c(C)c(C)c(C)c1C. The van der Waals surface area contributed by atoms with Gasteiger partial charge < -0.3 is 0 Å². The van der Waals surface area contributed by atoms with Gasteiger partial charge in [0, 0.05) is 0 Å². The summed E-state index contributed by atoms with van der Waals surface area (Å²) in [4.78, 5) is 0. The number of benzene rings is 2. The number of aryl methyl sites for hydroxylation is 1. The van der Waals surface area contributed by atoms with Crippen molar-refractivity contribution in [2.24, 2.45) is 0 Å². The molecule has 2 aromatic rings. The monoisotopic (exact) mass is 300 g/mol. The van der Waals surface area contributed by atoms with Crippen LogP contribution in [0.4, 0.5) is 0 Å². The minimum Gasteiger partial charge on any atom is -0.117 e. The fraction of sp³-hybridized carbons (Fsp3) is 0.400. The zero-order valence-electron chi connectivity index (χ0n) is 14.0. The van der Waals surface area contributed by atoms with Crippen LogP contribution in [0, 0.1) is 41.5 Å². The normalized spacial score (nSPS) is 12.5. The Morgan fingerprint density at radius 1 is 0.762 bits per heavy atom. The fourth-order valence-electron chi connectivity index (χ4n) is 3.13. The molecular formula is C20H25Cl. The molecule has 2 aromatic carbocycles. The zero-order chi connectivity index (χ0) is 15.7. The van der Waals surface area contributed by atoms with Gasteiger partial charge in [-0.2, -0.15) is 0 Å². The molecule has 0 radical (unpaired) electrons. The van der Waals surface area contributed by atoms with Crippen LogP contribution in [0.2, 0.25) is 0 Å². The second-order valence-electron chi connectivity index (χ2n) is 6.14. The van der Waals surface area contributed by atoms with Crippen molar-refractivity contribution in [2.75, 3.05) is 0 Å². The van der Waals surface area contributed by atoms with Crippen LogP contribution in [0.15, 0.2) is 24.3 Å². The Morgan fingerprint density at radius 2 is 1.24 bits per heavy atom. The van der Waals surface area contributed by atoms with E-state index in [1.54, 1.807) is 0 Å². The van der Waals surface area contributed by atoms with Crippen LogP contribution in [0.25, 0.3) is 0 Å². The van der Waals surface area contributed by atoms with Crippen LogP contribution in [0.1, 0.15) is 49.9 Å². The molecule has 0 saturated carbocycles. The number of hydrogen-bond donors (Lipinski definition) is 0. The molecule has 0 aliphatic rings. The molecule has 1 heteroatoms. The Hall–Kier alpha value is -1.27. The molecule has 0 spiro atoms. The summed E-state index contributed by atoms with van der Waals surface area (Å²) in [6.45, 7) is 13.2. The van der Waals surface area contributed by atoms with Crippen LogP contribution in [0.5, 0.6) is 0 Å². The molecule has 1 unspecified atom stereocenters. The molecule has 21 heavy (non-hydrogen) atoms. The van der Waals surface area contributed by atoms with Gasteiger partial charge in [0.1, 0.15) is 0 Å². The molecule has 0 amide bonds. The fourth-order valence-corrected chi connectivity index (χ4v) is 3.63. The van der Waals surface area contributed by atoms with Crippen LogP contribution in [0.3, 0.4) is 0 Å². The quantitative estimate of drug-likeness (QED) is 0.604. The standard InChI is InChI=1S/C20H25Cl/c1-12-9-7-8-10-18(12)11-19(21)20-16(5)14(3)13(2)15(4)17(20)6/h7-10,19H,11H2,1-6H3. The highest BCUT2D eigenvalue weighted by Gasteiger charge is 2.19. The molecule has 112 valence electrons. The molecule has 0 fully saturated rings. The van der Waals surface area contributed by atoms with Crippen molar-refractivity contribution < 1.29 is 0 Å². The molecule has 0 heterocycles. The van der Waals surface area contributed by atoms with E-state index in [2.05, 4.69) is 65.8 Å². The molecule has 0 aliphatic heterocycles. The summed E-state index contributed by atoms with van der Waals surface area (Å²) < 4.78 is 0. The number of hydrogen-bond acceptors (Lipinski definition) is 0. The van der Waals surface area contributed by atoms with Gasteiger partial charge in [-0.1, -0.05) is 24.3 Å². The lowest BCUT2D eigenvalue weighted by Crippen LogP contribution is -2.07. The van der Waals surface area contributed by atoms with Crippen LogP contribution in [-0.2, 0) is 6.42 Å². The molecule has 0 N–H and O–H groups in total. The maximum atomic E-state index is 6.82. The molecule has 1 atom stereocenters. The second kappa shape index (κ2) is 6.23. The van der Waals surface area contributed by atoms with Gasteiger partial charge in [-0.15, -0.1) is 11.6 Å². The average Bonchev–Trinajstić information content (AvgIpc) is 2.46. The van der Waals surface area contributed by atoms with Crippen molar-refractivity contribution in [1.82, 2.24) is 0 Å². The van der Waals surface area contributed by atoms with E-state index in [0.717, 1.165) is 6.42 Å². The van der Waals surface area contributed by atoms with Crippen molar-refractivity contribution in [2.45, 2.75) is 53.3 Å². The van der Waals surface area contributed by atoms with Gasteiger partial charge in [0.15, 0.2) is 0 Å². The van der Waals surface area contributed by atoms with E-state index < -0.39 is 0 Å². The molecular weight excluding hydrogens is 276 g/mol. The smallest absolute Gasteiger partial charge is 0.0630 e. The van der Waals surface area contributed by atoms with E-state index in [4.69, 9.17) is 11.6 Å². The lowest BCUT2D eigenvalue weighted by atomic mass is 9.86. The average molecular weight is 301 g/mol. The summed E-state index contributed by atoms with van der Waals surface area (Å²) in [5.74, 6) is 0. The van der Waals surface area contributed by atoms with Crippen molar-refractivity contribution in [3.8, 4) is 0 Å². The molecule has 0 aromatic heterocycles. The van der Waals surface area contributed by atoms with E-state index >= 15 is 0 Å². The van der Waals surface area contributed by atoms with Crippen molar-refractivity contribution in [3.05, 3.63) is 68.8 Å². The highest BCUT2D eigenvalue weighted by Crippen LogP contribution is 2.35. The Kier molecular flexibility index (Phi) is 4.78. The molecule has 0 aliphatic carbocycles. The summed E-state index contributed by atoms with van der Waals surface area (Å²) in [7, 11) is 0. The predicted molar refractivity (Wildman–Crippen MR) is 93.6 cm³/mol. The molecule has 0 bridgehead atoms. The van der Waals surface area contributed by atoms with E-state index in [9.17, 15) is 0 Å².